The van der Waals surface area contributed by atoms with E-state index < -0.39 is 0 Å². The first-order valence-electron chi connectivity index (χ1n) is 3.92. The molecule has 1 rings (SSSR count). The summed E-state index contributed by atoms with van der Waals surface area (Å²) >= 11 is 0. The predicted octanol–water partition coefficient (Wildman–Crippen LogP) is -0.623. The molecule has 0 aromatic carbocycles. The molecular weight excluding hydrogens is 126 g/mol. The summed E-state index contributed by atoms with van der Waals surface area (Å²) in [4.78, 5) is 0. The Labute approximate surface area is 62.6 Å². The molecule has 1 aliphatic heterocycles. The van der Waals surface area contributed by atoms with Gasteiger partial charge in [0.1, 0.15) is 0 Å². The minimum atomic E-state index is 0.765. The summed E-state index contributed by atoms with van der Waals surface area (Å²) in [5.74, 6) is 0.765. The molecule has 3 nitrogen and oxygen atoms in total. The Morgan fingerprint density at radius 2 is 2.60 bits per heavy atom. The lowest BCUT2D eigenvalue weighted by Crippen LogP contribution is -2.40. The molecule has 1 heterocycles. The van der Waals surface area contributed by atoms with Gasteiger partial charge in [-0.2, -0.15) is 0 Å². The van der Waals surface area contributed by atoms with Gasteiger partial charge in [-0.25, -0.2) is 5.32 Å². The van der Waals surface area contributed by atoms with Crippen molar-refractivity contribution in [2.45, 2.75) is 6.42 Å². The van der Waals surface area contributed by atoms with Crippen LogP contribution in [-0.4, -0.2) is 33.4 Å². The van der Waals surface area contributed by atoms with Crippen LogP contribution in [0.4, 0.5) is 0 Å². The topological polar surface area (TPSA) is 38.2 Å². The van der Waals surface area contributed by atoms with Crippen molar-refractivity contribution in [2.75, 3.05) is 33.4 Å². The molecule has 1 aliphatic rings. The second kappa shape index (κ2) is 4.66. The Morgan fingerprint density at radius 1 is 1.70 bits per heavy atom. The molecule has 0 aliphatic carbocycles. The summed E-state index contributed by atoms with van der Waals surface area (Å²) in [5, 5.41) is 10.7. The van der Waals surface area contributed by atoms with Gasteiger partial charge >= 0.3 is 0 Å². The highest BCUT2D eigenvalue weighted by molar-refractivity contribution is 4.69. The molecule has 0 amide bonds. The Balaban J connectivity index is 2.02. The van der Waals surface area contributed by atoms with Crippen molar-refractivity contribution in [3.05, 3.63) is 0 Å². The monoisotopic (exact) mass is 142 g/mol. The molecule has 0 aromatic heterocycles. The van der Waals surface area contributed by atoms with Crippen LogP contribution < -0.4 is 16.0 Å². The minimum Gasteiger partial charge on any atom is -0.320 e. The average molecular weight is 142 g/mol. The van der Waals surface area contributed by atoms with Gasteiger partial charge in [0.05, 0.1) is 6.67 Å². The lowest BCUT2D eigenvalue weighted by molar-refractivity contribution is 0.348. The van der Waals surface area contributed by atoms with E-state index in [2.05, 4.69) is 16.0 Å². The Kier molecular flexibility index (Phi) is 3.72. The van der Waals surface area contributed by atoms with Crippen LogP contribution in [0.25, 0.3) is 0 Å². The SMILES string of the molecule is CNCCC1C[N]CNC1. The fourth-order valence-electron chi connectivity index (χ4n) is 1.20. The second-order valence-corrected chi connectivity index (χ2v) is 2.78. The molecule has 1 fully saturated rings. The lowest BCUT2D eigenvalue weighted by Gasteiger charge is -2.22. The maximum Gasteiger partial charge on any atom is 0.0624 e. The van der Waals surface area contributed by atoms with Crippen LogP contribution in [0, 0.1) is 5.92 Å². The Morgan fingerprint density at radius 3 is 3.20 bits per heavy atom. The number of nitrogens with one attached hydrogen (secondary N) is 2. The zero-order chi connectivity index (χ0) is 7.23. The van der Waals surface area contributed by atoms with Crippen molar-refractivity contribution in [3.8, 4) is 0 Å². The van der Waals surface area contributed by atoms with Crippen LogP contribution in [-0.2, 0) is 0 Å². The third-order valence-corrected chi connectivity index (χ3v) is 1.85. The third-order valence-electron chi connectivity index (χ3n) is 1.85. The maximum absolute atomic E-state index is 4.27. The number of rotatable bonds is 3. The summed E-state index contributed by atoms with van der Waals surface area (Å²) in [6.07, 6.45) is 1.24. The van der Waals surface area contributed by atoms with E-state index in [4.69, 9.17) is 0 Å². The molecule has 1 atom stereocenters. The zero-order valence-corrected chi connectivity index (χ0v) is 6.56. The molecule has 0 spiro atoms. The van der Waals surface area contributed by atoms with E-state index in [1.54, 1.807) is 0 Å². The predicted molar refractivity (Wildman–Crippen MR) is 41.9 cm³/mol. The largest absolute Gasteiger partial charge is 0.320 e. The van der Waals surface area contributed by atoms with E-state index >= 15 is 0 Å². The normalized spacial score (nSPS) is 21.3. The first kappa shape index (κ1) is 7.98. The number of nitrogens with zero attached hydrogens (tertiary/aromatic N) is 1. The van der Waals surface area contributed by atoms with Crippen molar-refractivity contribution in [1.29, 1.82) is 0 Å². The van der Waals surface area contributed by atoms with Gasteiger partial charge in [0.15, 0.2) is 0 Å². The molecule has 1 radical (unpaired) electrons. The van der Waals surface area contributed by atoms with Crippen LogP contribution in [0.3, 0.4) is 0 Å². The smallest absolute Gasteiger partial charge is 0.0624 e. The van der Waals surface area contributed by atoms with Crippen LogP contribution in [0.15, 0.2) is 0 Å². The second-order valence-electron chi connectivity index (χ2n) is 2.78. The van der Waals surface area contributed by atoms with Crippen molar-refractivity contribution in [3.63, 3.8) is 0 Å². The molecule has 3 heteroatoms. The molecule has 0 bridgehead atoms. The van der Waals surface area contributed by atoms with Crippen LogP contribution >= 0.6 is 0 Å². The van der Waals surface area contributed by atoms with Gasteiger partial charge in [0, 0.05) is 13.1 Å². The van der Waals surface area contributed by atoms with E-state index in [-0.39, 0.29) is 0 Å². The summed E-state index contributed by atoms with van der Waals surface area (Å²) in [7, 11) is 1.99. The maximum atomic E-state index is 4.27. The van der Waals surface area contributed by atoms with Crippen molar-refractivity contribution in [1.82, 2.24) is 16.0 Å². The molecular formula is C7H16N3. The van der Waals surface area contributed by atoms with Crippen molar-refractivity contribution in [2.24, 2.45) is 5.92 Å². The lowest BCUT2D eigenvalue weighted by atomic mass is 10.0. The van der Waals surface area contributed by atoms with E-state index in [0.29, 0.717) is 0 Å². The van der Waals surface area contributed by atoms with E-state index in [0.717, 1.165) is 32.2 Å². The summed E-state index contributed by atoms with van der Waals surface area (Å²) in [6, 6.07) is 0. The van der Waals surface area contributed by atoms with Crippen molar-refractivity contribution < 1.29 is 0 Å². The summed E-state index contributed by atoms with van der Waals surface area (Å²) in [5.41, 5.74) is 0. The molecule has 1 unspecified atom stereocenters. The Bertz CT molecular complexity index is 78.9. The Hall–Kier alpha value is -0.120. The highest BCUT2D eigenvalue weighted by Crippen LogP contribution is 2.01. The molecule has 1 saturated heterocycles. The van der Waals surface area contributed by atoms with Gasteiger partial charge in [-0.1, -0.05) is 0 Å². The van der Waals surface area contributed by atoms with Gasteiger partial charge in [-0.15, -0.1) is 0 Å². The molecule has 59 valence electrons. The van der Waals surface area contributed by atoms with E-state index in [1.807, 2.05) is 7.05 Å². The highest BCUT2D eigenvalue weighted by Gasteiger charge is 2.11. The first-order chi connectivity index (χ1) is 4.93. The fourth-order valence-corrected chi connectivity index (χ4v) is 1.20. The first-order valence-corrected chi connectivity index (χ1v) is 3.92. The molecule has 0 aromatic rings. The van der Waals surface area contributed by atoms with Gasteiger partial charge in [-0.05, 0) is 25.9 Å². The molecule has 0 saturated carbocycles. The minimum absolute atomic E-state index is 0.765. The summed E-state index contributed by atoms with van der Waals surface area (Å²) in [6.45, 7) is 4.16. The van der Waals surface area contributed by atoms with Gasteiger partial charge in [0.25, 0.3) is 0 Å². The van der Waals surface area contributed by atoms with Crippen LogP contribution in [0.2, 0.25) is 0 Å². The van der Waals surface area contributed by atoms with Crippen molar-refractivity contribution >= 4 is 0 Å². The van der Waals surface area contributed by atoms with Crippen LogP contribution in [0.1, 0.15) is 6.42 Å². The molecule has 10 heavy (non-hydrogen) atoms. The summed E-state index contributed by atoms with van der Waals surface area (Å²) < 4.78 is 0. The van der Waals surface area contributed by atoms with E-state index in [1.165, 1.54) is 6.42 Å². The highest BCUT2D eigenvalue weighted by atomic mass is 15.1. The fraction of sp³-hybridized carbons (Fsp3) is 1.00. The molecule has 2 N–H and O–H groups in total. The van der Waals surface area contributed by atoms with E-state index in [9.17, 15) is 0 Å². The number of hydrogen-bond donors (Lipinski definition) is 2. The zero-order valence-electron chi connectivity index (χ0n) is 6.56. The third kappa shape index (κ3) is 2.64. The van der Waals surface area contributed by atoms with Gasteiger partial charge in [-0.3, -0.25) is 0 Å². The van der Waals surface area contributed by atoms with Gasteiger partial charge < -0.3 is 10.6 Å². The van der Waals surface area contributed by atoms with Crippen LogP contribution in [0.5, 0.6) is 0 Å². The average Bonchev–Trinajstić information content (AvgIpc) is 2.03. The quantitative estimate of drug-likeness (QED) is 0.551. The number of hydrogen-bond acceptors (Lipinski definition) is 2. The standard InChI is InChI=1S/C7H16N3/c1-8-3-2-7-4-9-6-10-5-7/h7-9H,2-6H2,1H3. The van der Waals surface area contributed by atoms with Gasteiger partial charge in [0.2, 0.25) is 0 Å².